The van der Waals surface area contributed by atoms with Crippen molar-refractivity contribution in [3.05, 3.63) is 65.2 Å². The third kappa shape index (κ3) is 3.13. The van der Waals surface area contributed by atoms with Gasteiger partial charge in [-0.1, -0.05) is 11.6 Å². The topological polar surface area (TPSA) is 30.2 Å². The van der Waals surface area contributed by atoms with E-state index in [9.17, 15) is 0 Å². The Bertz CT molecular complexity index is 943. The Morgan fingerprint density at radius 2 is 1.75 bits per heavy atom. The van der Waals surface area contributed by atoms with E-state index in [4.69, 9.17) is 11.6 Å². The maximum atomic E-state index is 6.05. The number of hydrogen-bond donors (Lipinski definition) is 0. The van der Waals surface area contributed by atoms with E-state index >= 15 is 0 Å². The van der Waals surface area contributed by atoms with Crippen LogP contribution in [0.15, 0.2) is 59.5 Å². The average Bonchev–Trinajstić information content (AvgIpc) is 2.93. The molecule has 24 heavy (non-hydrogen) atoms. The van der Waals surface area contributed by atoms with E-state index in [0.29, 0.717) is 0 Å². The Balaban J connectivity index is 2.30. The minimum absolute atomic E-state index is 0.726. The number of hydrogen-bond acceptors (Lipinski definition) is 2. The standard InChI is InChI=1S/C20H20ClN3/c1-13(2)23-15(4)14(3)19-11-16-9-10-22-12-20(16)24(19)18-7-5-17(21)6-8-18/h5-12H,1-4H3/b15-14+. The normalized spacial score (nSPS) is 12.2. The second kappa shape index (κ2) is 6.62. The third-order valence-electron chi connectivity index (χ3n) is 4.01. The van der Waals surface area contributed by atoms with Crippen LogP contribution in [0.2, 0.25) is 5.02 Å². The van der Waals surface area contributed by atoms with Crippen molar-refractivity contribution in [2.45, 2.75) is 27.7 Å². The highest BCUT2D eigenvalue weighted by atomic mass is 35.5. The van der Waals surface area contributed by atoms with Crippen molar-refractivity contribution in [3.8, 4) is 5.69 Å². The molecule has 2 heterocycles. The van der Waals surface area contributed by atoms with Crippen LogP contribution in [0.4, 0.5) is 0 Å². The molecule has 0 spiro atoms. The smallest absolute Gasteiger partial charge is 0.0718 e. The van der Waals surface area contributed by atoms with Crippen molar-refractivity contribution >= 4 is 33.8 Å². The Morgan fingerprint density at radius 1 is 1.04 bits per heavy atom. The fourth-order valence-electron chi connectivity index (χ4n) is 2.80. The minimum Gasteiger partial charge on any atom is -0.308 e. The summed E-state index contributed by atoms with van der Waals surface area (Å²) < 4.78 is 2.21. The molecule has 0 aliphatic carbocycles. The van der Waals surface area contributed by atoms with Gasteiger partial charge < -0.3 is 4.57 Å². The van der Waals surface area contributed by atoms with Gasteiger partial charge in [-0.25, -0.2) is 0 Å². The Kier molecular flexibility index (Phi) is 4.54. The average molecular weight is 338 g/mol. The zero-order valence-corrected chi connectivity index (χ0v) is 15.1. The molecule has 3 rings (SSSR count). The van der Waals surface area contributed by atoms with E-state index < -0.39 is 0 Å². The summed E-state index contributed by atoms with van der Waals surface area (Å²) in [6, 6.07) is 12.1. The van der Waals surface area contributed by atoms with Crippen LogP contribution in [0.25, 0.3) is 22.2 Å². The van der Waals surface area contributed by atoms with Crippen molar-refractivity contribution < 1.29 is 0 Å². The van der Waals surface area contributed by atoms with Gasteiger partial charge in [-0.2, -0.15) is 0 Å². The van der Waals surface area contributed by atoms with Crippen LogP contribution < -0.4 is 0 Å². The van der Waals surface area contributed by atoms with Gasteiger partial charge in [0.05, 0.1) is 17.4 Å². The Morgan fingerprint density at radius 3 is 2.42 bits per heavy atom. The summed E-state index contributed by atoms with van der Waals surface area (Å²) in [4.78, 5) is 8.91. The molecule has 0 aliphatic heterocycles. The third-order valence-corrected chi connectivity index (χ3v) is 4.26. The molecule has 2 aromatic heterocycles. The van der Waals surface area contributed by atoms with Gasteiger partial charge >= 0.3 is 0 Å². The lowest BCUT2D eigenvalue weighted by molar-refractivity contribution is 1.08. The number of halogens is 1. The van der Waals surface area contributed by atoms with Crippen molar-refractivity contribution in [1.82, 2.24) is 9.55 Å². The second-order valence-corrected chi connectivity index (χ2v) is 6.48. The maximum Gasteiger partial charge on any atom is 0.0718 e. The largest absolute Gasteiger partial charge is 0.308 e. The molecule has 0 aliphatic rings. The molecule has 0 bridgehead atoms. The van der Waals surface area contributed by atoms with Gasteiger partial charge in [0.1, 0.15) is 0 Å². The van der Waals surface area contributed by atoms with Crippen LogP contribution in [-0.4, -0.2) is 15.3 Å². The van der Waals surface area contributed by atoms with E-state index in [-0.39, 0.29) is 0 Å². The first-order valence-corrected chi connectivity index (χ1v) is 8.26. The molecule has 0 atom stereocenters. The number of benzene rings is 1. The van der Waals surface area contributed by atoms with E-state index in [1.54, 1.807) is 0 Å². The van der Waals surface area contributed by atoms with Crippen LogP contribution in [-0.2, 0) is 0 Å². The SMILES string of the molecule is CC(C)=N/C(C)=C(\C)c1cc2ccncc2n1-c1ccc(Cl)cc1. The fraction of sp³-hybridized carbons (Fsp3) is 0.200. The summed E-state index contributed by atoms with van der Waals surface area (Å²) >= 11 is 6.05. The van der Waals surface area contributed by atoms with E-state index in [1.807, 2.05) is 63.5 Å². The van der Waals surface area contributed by atoms with Crippen molar-refractivity contribution in [3.63, 3.8) is 0 Å². The summed E-state index contributed by atoms with van der Waals surface area (Å²) in [5.41, 5.74) is 6.44. The Hall–Kier alpha value is -2.39. The van der Waals surface area contributed by atoms with E-state index in [0.717, 1.165) is 44.3 Å². The predicted molar refractivity (Wildman–Crippen MR) is 103 cm³/mol. The summed E-state index contributed by atoms with van der Waals surface area (Å²) in [5.74, 6) is 0. The quantitative estimate of drug-likeness (QED) is 0.546. The fourth-order valence-corrected chi connectivity index (χ4v) is 2.92. The van der Waals surface area contributed by atoms with Gasteiger partial charge in [0.2, 0.25) is 0 Å². The van der Waals surface area contributed by atoms with Gasteiger partial charge in [-0.05, 0) is 69.7 Å². The van der Waals surface area contributed by atoms with Crippen molar-refractivity contribution in [2.24, 2.45) is 4.99 Å². The van der Waals surface area contributed by atoms with Crippen LogP contribution in [0, 0.1) is 0 Å². The number of aromatic nitrogens is 2. The lowest BCUT2D eigenvalue weighted by atomic mass is 10.1. The summed E-state index contributed by atoms with van der Waals surface area (Å²) in [6.07, 6.45) is 3.71. The van der Waals surface area contributed by atoms with Crippen LogP contribution in [0.5, 0.6) is 0 Å². The first-order valence-electron chi connectivity index (χ1n) is 7.88. The maximum absolute atomic E-state index is 6.05. The number of rotatable bonds is 3. The lowest BCUT2D eigenvalue weighted by Gasteiger charge is -2.12. The van der Waals surface area contributed by atoms with Crippen LogP contribution >= 0.6 is 11.6 Å². The van der Waals surface area contributed by atoms with Crippen molar-refractivity contribution in [2.75, 3.05) is 0 Å². The summed E-state index contributed by atoms with van der Waals surface area (Å²) in [6.45, 7) is 8.17. The van der Waals surface area contributed by atoms with Gasteiger partial charge in [-0.3, -0.25) is 9.98 Å². The first-order chi connectivity index (χ1) is 11.5. The number of aliphatic imine (C=N–C) groups is 1. The zero-order chi connectivity index (χ0) is 17.3. The number of nitrogens with zero attached hydrogens (tertiary/aromatic N) is 3. The van der Waals surface area contributed by atoms with Gasteiger partial charge in [0.15, 0.2) is 0 Å². The molecule has 0 unspecified atom stereocenters. The van der Waals surface area contributed by atoms with Crippen LogP contribution in [0.3, 0.4) is 0 Å². The number of pyridine rings is 1. The number of fused-ring (bicyclic) bond motifs is 1. The predicted octanol–water partition coefficient (Wildman–Crippen LogP) is 5.91. The highest BCUT2D eigenvalue weighted by Gasteiger charge is 2.13. The highest BCUT2D eigenvalue weighted by molar-refractivity contribution is 6.30. The van der Waals surface area contributed by atoms with E-state index in [1.165, 1.54) is 0 Å². The molecule has 1 aromatic carbocycles. The molecule has 0 fully saturated rings. The molecule has 0 radical (unpaired) electrons. The summed E-state index contributed by atoms with van der Waals surface area (Å²) in [7, 11) is 0. The van der Waals surface area contributed by atoms with Gasteiger partial charge in [0, 0.05) is 33.7 Å². The molecular weight excluding hydrogens is 318 g/mol. The molecule has 0 saturated carbocycles. The highest BCUT2D eigenvalue weighted by Crippen LogP contribution is 2.30. The van der Waals surface area contributed by atoms with Gasteiger partial charge in [-0.15, -0.1) is 0 Å². The lowest BCUT2D eigenvalue weighted by Crippen LogP contribution is -2.00. The molecule has 0 N–H and O–H groups in total. The van der Waals surface area contributed by atoms with Crippen LogP contribution in [0.1, 0.15) is 33.4 Å². The second-order valence-electron chi connectivity index (χ2n) is 6.05. The molecule has 122 valence electrons. The monoisotopic (exact) mass is 337 g/mol. The number of allylic oxidation sites excluding steroid dienone is 2. The molecular formula is C20H20ClN3. The Labute approximate surface area is 147 Å². The minimum atomic E-state index is 0.726. The first kappa shape index (κ1) is 16.5. The molecule has 0 saturated heterocycles. The van der Waals surface area contributed by atoms with Gasteiger partial charge in [0.25, 0.3) is 0 Å². The summed E-state index contributed by atoms with van der Waals surface area (Å²) in [5, 5.41) is 1.88. The molecule has 3 aromatic rings. The van der Waals surface area contributed by atoms with Crippen molar-refractivity contribution in [1.29, 1.82) is 0 Å². The molecule has 0 amide bonds. The molecule has 4 heteroatoms. The van der Waals surface area contributed by atoms with E-state index in [2.05, 4.69) is 27.5 Å². The molecule has 3 nitrogen and oxygen atoms in total. The zero-order valence-electron chi connectivity index (χ0n) is 14.3.